The van der Waals surface area contributed by atoms with E-state index in [9.17, 15) is 4.79 Å². The fourth-order valence-corrected chi connectivity index (χ4v) is 4.08. The van der Waals surface area contributed by atoms with Gasteiger partial charge in [-0.05, 0) is 49.7 Å². The summed E-state index contributed by atoms with van der Waals surface area (Å²) in [5.41, 5.74) is 5.92. The van der Waals surface area contributed by atoms with Gasteiger partial charge >= 0.3 is 0 Å². The number of carbonyl (C=O) groups excluding carboxylic acids is 1. The number of hydrogen-bond acceptors (Lipinski definition) is 4. The Hall–Kier alpha value is -3.51. The van der Waals surface area contributed by atoms with E-state index in [0.29, 0.717) is 0 Å². The minimum atomic E-state index is -0.0644. The van der Waals surface area contributed by atoms with Crippen LogP contribution in [0.1, 0.15) is 11.1 Å². The summed E-state index contributed by atoms with van der Waals surface area (Å²) in [6.07, 6.45) is 2.01. The average molecular weight is 444 g/mol. The van der Waals surface area contributed by atoms with Gasteiger partial charge in [0.05, 0.1) is 18.6 Å². The summed E-state index contributed by atoms with van der Waals surface area (Å²) in [5, 5.41) is 3.74. The highest BCUT2D eigenvalue weighted by molar-refractivity contribution is 7.99. The Bertz CT molecular complexity index is 1210. The van der Waals surface area contributed by atoms with Gasteiger partial charge in [0, 0.05) is 23.1 Å². The van der Waals surface area contributed by atoms with Crippen LogP contribution in [0, 0.1) is 13.8 Å². The van der Waals surface area contributed by atoms with Gasteiger partial charge in [-0.3, -0.25) is 9.36 Å². The van der Waals surface area contributed by atoms with Crippen molar-refractivity contribution in [3.05, 3.63) is 90.1 Å². The van der Waals surface area contributed by atoms with E-state index in [1.165, 1.54) is 17.3 Å². The number of hydrogen-bond donors (Lipinski definition) is 1. The lowest BCUT2D eigenvalue weighted by atomic mass is 10.1. The largest absolute Gasteiger partial charge is 0.497 e. The number of thioether (sulfide) groups is 1. The van der Waals surface area contributed by atoms with E-state index in [1.54, 1.807) is 7.11 Å². The van der Waals surface area contributed by atoms with Gasteiger partial charge in [0.15, 0.2) is 5.16 Å². The topological polar surface area (TPSA) is 56.2 Å². The number of benzene rings is 3. The smallest absolute Gasteiger partial charge is 0.234 e. The third kappa shape index (κ3) is 5.03. The minimum absolute atomic E-state index is 0.0644. The fraction of sp³-hybridized carbons (Fsp3) is 0.154. The molecule has 0 aliphatic carbocycles. The third-order valence-electron chi connectivity index (χ3n) is 5.12. The molecule has 0 saturated heterocycles. The first-order valence-corrected chi connectivity index (χ1v) is 11.3. The van der Waals surface area contributed by atoms with E-state index in [4.69, 9.17) is 9.72 Å². The molecule has 0 bridgehead atoms. The molecule has 1 N–H and O–H groups in total. The Kier molecular flexibility index (Phi) is 6.61. The van der Waals surface area contributed by atoms with Crippen molar-refractivity contribution in [1.82, 2.24) is 9.55 Å². The second-order valence-electron chi connectivity index (χ2n) is 7.49. The molecule has 4 rings (SSSR count). The van der Waals surface area contributed by atoms with Crippen LogP contribution in [0.25, 0.3) is 16.9 Å². The average Bonchev–Trinajstić information content (AvgIpc) is 3.24. The maximum absolute atomic E-state index is 12.6. The molecule has 6 heteroatoms. The summed E-state index contributed by atoms with van der Waals surface area (Å²) in [6.45, 7) is 4.04. The molecule has 3 aromatic carbocycles. The number of methoxy groups -OCH3 is 1. The summed E-state index contributed by atoms with van der Waals surface area (Å²) >= 11 is 1.41. The molecule has 0 radical (unpaired) electrons. The number of nitrogens with one attached hydrogen (secondary N) is 1. The van der Waals surface area contributed by atoms with E-state index in [2.05, 4.69) is 36.5 Å². The molecule has 32 heavy (non-hydrogen) atoms. The SMILES string of the molecule is COc1ccc(-n2cc(-c3ccc(C)cc3)nc2SCC(=O)Nc2ccccc2C)cc1. The Labute approximate surface area is 192 Å². The van der Waals surface area contributed by atoms with Crippen molar-refractivity contribution in [3.8, 4) is 22.7 Å². The van der Waals surface area contributed by atoms with Gasteiger partial charge in [-0.25, -0.2) is 4.98 Å². The number of ether oxygens (including phenoxy) is 1. The van der Waals surface area contributed by atoms with E-state index in [1.807, 2.05) is 66.2 Å². The van der Waals surface area contributed by atoms with Crippen LogP contribution in [0.3, 0.4) is 0 Å². The van der Waals surface area contributed by atoms with Gasteiger partial charge in [-0.2, -0.15) is 0 Å². The molecule has 1 heterocycles. The van der Waals surface area contributed by atoms with Crippen LogP contribution in [0.4, 0.5) is 5.69 Å². The number of para-hydroxylation sites is 1. The van der Waals surface area contributed by atoms with Gasteiger partial charge in [0.1, 0.15) is 5.75 Å². The number of nitrogens with zero attached hydrogens (tertiary/aromatic N) is 2. The standard InChI is InChI=1S/C26H25N3O2S/c1-18-8-10-20(11-9-18)24-16-29(21-12-14-22(31-3)15-13-21)26(28-24)32-17-25(30)27-23-7-5-4-6-19(23)2/h4-16H,17H2,1-3H3,(H,27,30). The number of carbonyl (C=O) groups is 1. The molecular formula is C26H25N3O2S. The second kappa shape index (κ2) is 9.75. The zero-order valence-corrected chi connectivity index (χ0v) is 19.1. The van der Waals surface area contributed by atoms with Crippen LogP contribution in [-0.4, -0.2) is 28.3 Å². The van der Waals surface area contributed by atoms with Crippen molar-refractivity contribution in [2.75, 3.05) is 18.2 Å². The fourth-order valence-electron chi connectivity index (χ4n) is 3.29. The predicted molar refractivity (Wildman–Crippen MR) is 131 cm³/mol. The number of anilines is 1. The molecule has 1 amide bonds. The highest BCUT2D eigenvalue weighted by Crippen LogP contribution is 2.28. The van der Waals surface area contributed by atoms with Crippen molar-refractivity contribution < 1.29 is 9.53 Å². The molecule has 0 aliphatic heterocycles. The van der Waals surface area contributed by atoms with E-state index in [-0.39, 0.29) is 11.7 Å². The maximum Gasteiger partial charge on any atom is 0.234 e. The normalized spacial score (nSPS) is 10.7. The van der Waals surface area contributed by atoms with Crippen molar-refractivity contribution in [3.63, 3.8) is 0 Å². The number of aryl methyl sites for hydroxylation is 2. The number of imidazole rings is 1. The first kappa shape index (κ1) is 21.7. The molecule has 4 aromatic rings. The Morgan fingerprint density at radius 3 is 2.41 bits per heavy atom. The van der Waals surface area contributed by atoms with Gasteiger partial charge in [-0.1, -0.05) is 59.8 Å². The lowest BCUT2D eigenvalue weighted by molar-refractivity contribution is -0.113. The lowest BCUT2D eigenvalue weighted by Gasteiger charge is -2.09. The molecule has 5 nitrogen and oxygen atoms in total. The van der Waals surface area contributed by atoms with Crippen molar-refractivity contribution >= 4 is 23.4 Å². The number of rotatable bonds is 7. The first-order valence-electron chi connectivity index (χ1n) is 10.3. The van der Waals surface area contributed by atoms with Crippen LogP contribution >= 0.6 is 11.8 Å². The quantitative estimate of drug-likeness (QED) is 0.362. The van der Waals surface area contributed by atoms with Crippen LogP contribution < -0.4 is 10.1 Å². The predicted octanol–water partition coefficient (Wildman–Crippen LogP) is 5.90. The third-order valence-corrected chi connectivity index (χ3v) is 6.08. The monoisotopic (exact) mass is 443 g/mol. The molecule has 0 fully saturated rings. The Balaban J connectivity index is 1.59. The molecule has 0 unspecified atom stereocenters. The molecule has 0 spiro atoms. The number of amides is 1. The Morgan fingerprint density at radius 2 is 1.72 bits per heavy atom. The molecule has 0 atom stereocenters. The van der Waals surface area contributed by atoms with Crippen LogP contribution in [-0.2, 0) is 4.79 Å². The first-order chi connectivity index (χ1) is 15.5. The van der Waals surface area contributed by atoms with Gasteiger partial charge in [-0.15, -0.1) is 0 Å². The van der Waals surface area contributed by atoms with Crippen LogP contribution in [0.2, 0.25) is 0 Å². The number of aromatic nitrogens is 2. The van der Waals surface area contributed by atoms with E-state index >= 15 is 0 Å². The minimum Gasteiger partial charge on any atom is -0.497 e. The summed E-state index contributed by atoms with van der Waals surface area (Å²) < 4.78 is 7.30. The van der Waals surface area contributed by atoms with Crippen LogP contribution in [0.15, 0.2) is 84.1 Å². The summed E-state index contributed by atoms with van der Waals surface area (Å²) in [6, 6.07) is 23.8. The van der Waals surface area contributed by atoms with Crippen molar-refractivity contribution in [1.29, 1.82) is 0 Å². The summed E-state index contributed by atoms with van der Waals surface area (Å²) in [7, 11) is 1.65. The zero-order chi connectivity index (χ0) is 22.5. The molecule has 162 valence electrons. The summed E-state index contributed by atoms with van der Waals surface area (Å²) in [5.74, 6) is 0.986. The van der Waals surface area contributed by atoms with Gasteiger partial charge < -0.3 is 10.1 Å². The van der Waals surface area contributed by atoms with Crippen molar-refractivity contribution in [2.45, 2.75) is 19.0 Å². The molecule has 1 aromatic heterocycles. The van der Waals surface area contributed by atoms with Crippen molar-refractivity contribution in [2.24, 2.45) is 0 Å². The highest BCUT2D eigenvalue weighted by Gasteiger charge is 2.14. The molecular weight excluding hydrogens is 418 g/mol. The van der Waals surface area contributed by atoms with E-state index in [0.717, 1.165) is 39.1 Å². The molecule has 0 saturated carbocycles. The van der Waals surface area contributed by atoms with Crippen LogP contribution in [0.5, 0.6) is 5.75 Å². The lowest BCUT2D eigenvalue weighted by Crippen LogP contribution is -2.15. The zero-order valence-electron chi connectivity index (χ0n) is 18.3. The second-order valence-corrected chi connectivity index (χ2v) is 8.44. The summed E-state index contributed by atoms with van der Waals surface area (Å²) in [4.78, 5) is 17.4. The van der Waals surface area contributed by atoms with Gasteiger partial charge in [0.2, 0.25) is 5.91 Å². The Morgan fingerprint density at radius 1 is 1.00 bits per heavy atom. The van der Waals surface area contributed by atoms with Gasteiger partial charge in [0.25, 0.3) is 0 Å². The maximum atomic E-state index is 12.6. The molecule has 0 aliphatic rings. The van der Waals surface area contributed by atoms with E-state index < -0.39 is 0 Å². The highest BCUT2D eigenvalue weighted by atomic mass is 32.2.